The maximum Gasteiger partial charge on any atom is 0.143 e. The number of nitrogens with zero attached hydrogens (tertiary/aromatic N) is 2. The highest BCUT2D eigenvalue weighted by Crippen LogP contribution is 2.27. The normalized spacial score (nSPS) is 10.9. The highest BCUT2D eigenvalue weighted by Gasteiger charge is 2.13. The van der Waals surface area contributed by atoms with Crippen LogP contribution in [0.1, 0.15) is 13.8 Å². The minimum absolute atomic E-state index is 0.587. The molecule has 0 amide bonds. The van der Waals surface area contributed by atoms with Gasteiger partial charge in [-0.1, -0.05) is 13.8 Å². The Kier molecular flexibility index (Phi) is 6.44. The summed E-state index contributed by atoms with van der Waals surface area (Å²) in [5, 5.41) is 0. The fourth-order valence-corrected chi connectivity index (χ4v) is 2.80. The Hall–Kier alpha value is -0.130. The van der Waals surface area contributed by atoms with Crippen LogP contribution in [-0.2, 0) is 4.74 Å². The fraction of sp³-hybridized carbons (Fsp3) is 0.583. The lowest BCUT2D eigenvalue weighted by molar-refractivity contribution is 0.204. The number of aromatic nitrogens is 1. The third kappa shape index (κ3) is 4.94. The van der Waals surface area contributed by atoms with E-state index in [9.17, 15) is 0 Å². The van der Waals surface area contributed by atoms with Crippen molar-refractivity contribution in [3.63, 3.8) is 0 Å². The number of halogens is 2. The number of methoxy groups -OCH3 is 1. The predicted octanol–water partition coefficient (Wildman–Crippen LogP) is 3.72. The first-order valence-corrected chi connectivity index (χ1v) is 7.18. The molecule has 96 valence electrons. The van der Waals surface area contributed by atoms with Crippen LogP contribution in [0.5, 0.6) is 0 Å². The Morgan fingerprint density at radius 1 is 1.41 bits per heavy atom. The van der Waals surface area contributed by atoms with Gasteiger partial charge in [-0.3, -0.25) is 0 Å². The summed E-state index contributed by atoms with van der Waals surface area (Å²) in [4.78, 5) is 6.70. The molecule has 0 bridgehead atoms. The SMILES string of the molecule is COCCN(CC(C)C)c1ncc(Br)cc1Br. The van der Waals surface area contributed by atoms with Crippen molar-refractivity contribution in [2.24, 2.45) is 5.92 Å². The van der Waals surface area contributed by atoms with E-state index in [1.54, 1.807) is 7.11 Å². The maximum absolute atomic E-state index is 5.14. The zero-order valence-electron chi connectivity index (χ0n) is 10.4. The van der Waals surface area contributed by atoms with Crippen molar-refractivity contribution < 1.29 is 4.74 Å². The van der Waals surface area contributed by atoms with Gasteiger partial charge in [-0.25, -0.2) is 4.98 Å². The van der Waals surface area contributed by atoms with Crippen molar-refractivity contribution in [2.45, 2.75) is 13.8 Å². The van der Waals surface area contributed by atoms with Gasteiger partial charge < -0.3 is 9.64 Å². The van der Waals surface area contributed by atoms with Gasteiger partial charge in [0.25, 0.3) is 0 Å². The summed E-state index contributed by atoms with van der Waals surface area (Å²) in [6.07, 6.45) is 1.82. The van der Waals surface area contributed by atoms with Gasteiger partial charge >= 0.3 is 0 Å². The van der Waals surface area contributed by atoms with Crippen molar-refractivity contribution in [3.05, 3.63) is 21.2 Å². The van der Waals surface area contributed by atoms with E-state index in [1.165, 1.54) is 0 Å². The lowest BCUT2D eigenvalue weighted by Gasteiger charge is -2.26. The standard InChI is InChI=1S/C12H18Br2N2O/c1-9(2)8-16(4-5-17-3)12-11(14)6-10(13)7-15-12/h6-7,9H,4-5,8H2,1-3H3. The number of hydrogen-bond donors (Lipinski definition) is 0. The monoisotopic (exact) mass is 364 g/mol. The third-order valence-electron chi connectivity index (χ3n) is 2.24. The number of hydrogen-bond acceptors (Lipinski definition) is 3. The molecule has 0 spiro atoms. The predicted molar refractivity (Wildman–Crippen MR) is 78.6 cm³/mol. The van der Waals surface area contributed by atoms with Crippen molar-refractivity contribution in [2.75, 3.05) is 31.7 Å². The molecule has 3 nitrogen and oxygen atoms in total. The van der Waals surface area contributed by atoms with Gasteiger partial charge in [0, 0.05) is 30.9 Å². The molecule has 0 radical (unpaired) electrons. The molecule has 0 saturated heterocycles. The summed E-state index contributed by atoms with van der Waals surface area (Å²) >= 11 is 6.97. The average Bonchev–Trinajstić information content (AvgIpc) is 2.24. The largest absolute Gasteiger partial charge is 0.383 e. The molecule has 0 N–H and O–H groups in total. The molecule has 1 rings (SSSR count). The molecule has 0 saturated carbocycles. The van der Waals surface area contributed by atoms with E-state index in [1.807, 2.05) is 12.3 Å². The van der Waals surface area contributed by atoms with E-state index in [2.05, 4.69) is 55.6 Å². The van der Waals surface area contributed by atoms with Crippen LogP contribution in [0.3, 0.4) is 0 Å². The van der Waals surface area contributed by atoms with Crippen LogP contribution < -0.4 is 4.90 Å². The second-order valence-electron chi connectivity index (χ2n) is 4.29. The Morgan fingerprint density at radius 3 is 2.65 bits per heavy atom. The first kappa shape index (κ1) is 14.9. The van der Waals surface area contributed by atoms with Crippen LogP contribution in [-0.4, -0.2) is 31.8 Å². The van der Waals surface area contributed by atoms with E-state index in [0.29, 0.717) is 12.5 Å². The van der Waals surface area contributed by atoms with Gasteiger partial charge in [0.05, 0.1) is 11.1 Å². The van der Waals surface area contributed by atoms with Gasteiger partial charge in [-0.2, -0.15) is 0 Å². The molecule has 5 heteroatoms. The third-order valence-corrected chi connectivity index (χ3v) is 3.26. The van der Waals surface area contributed by atoms with E-state index in [4.69, 9.17) is 4.74 Å². The Bertz CT molecular complexity index is 358. The fourth-order valence-electron chi connectivity index (χ4n) is 1.57. The molecule has 0 aliphatic carbocycles. The van der Waals surface area contributed by atoms with Crippen molar-refractivity contribution in [1.82, 2.24) is 4.98 Å². The van der Waals surface area contributed by atoms with Gasteiger partial charge in [0.1, 0.15) is 5.82 Å². The molecule has 0 fully saturated rings. The summed E-state index contributed by atoms with van der Waals surface area (Å²) in [6.45, 7) is 6.93. The van der Waals surface area contributed by atoms with Crippen LogP contribution in [0.15, 0.2) is 21.2 Å². The highest BCUT2D eigenvalue weighted by molar-refractivity contribution is 9.11. The minimum Gasteiger partial charge on any atom is -0.383 e. The van der Waals surface area contributed by atoms with Crippen LogP contribution >= 0.6 is 31.9 Å². The molecule has 1 aromatic rings. The van der Waals surface area contributed by atoms with E-state index in [-0.39, 0.29) is 0 Å². The molecule has 1 heterocycles. The smallest absolute Gasteiger partial charge is 0.143 e. The molecule has 17 heavy (non-hydrogen) atoms. The topological polar surface area (TPSA) is 25.4 Å². The highest BCUT2D eigenvalue weighted by atomic mass is 79.9. The molecule has 0 aliphatic rings. The van der Waals surface area contributed by atoms with Gasteiger partial charge in [-0.15, -0.1) is 0 Å². The molecule has 0 unspecified atom stereocenters. The van der Waals surface area contributed by atoms with Crippen LogP contribution in [0, 0.1) is 5.92 Å². The minimum atomic E-state index is 0.587. The lowest BCUT2D eigenvalue weighted by Crippen LogP contribution is -2.31. The number of pyridine rings is 1. The van der Waals surface area contributed by atoms with Gasteiger partial charge in [-0.05, 0) is 43.8 Å². The molecule has 0 atom stereocenters. The maximum atomic E-state index is 5.14. The first-order valence-electron chi connectivity index (χ1n) is 5.59. The molecule has 0 aliphatic heterocycles. The molecular formula is C12H18Br2N2O. The van der Waals surface area contributed by atoms with Crippen LogP contribution in [0.4, 0.5) is 5.82 Å². The van der Waals surface area contributed by atoms with E-state index >= 15 is 0 Å². The Labute approximate surface area is 120 Å². The summed E-state index contributed by atoms with van der Waals surface area (Å²) in [6, 6.07) is 2.02. The quantitative estimate of drug-likeness (QED) is 0.768. The number of ether oxygens (including phenoxy) is 1. The first-order chi connectivity index (χ1) is 8.04. The second-order valence-corrected chi connectivity index (χ2v) is 6.06. The Balaban J connectivity index is 2.86. The van der Waals surface area contributed by atoms with Crippen LogP contribution in [0.2, 0.25) is 0 Å². The van der Waals surface area contributed by atoms with Crippen molar-refractivity contribution in [3.8, 4) is 0 Å². The molecule has 1 aromatic heterocycles. The lowest BCUT2D eigenvalue weighted by atomic mass is 10.2. The van der Waals surface area contributed by atoms with Crippen LogP contribution in [0.25, 0.3) is 0 Å². The zero-order chi connectivity index (χ0) is 12.8. The summed E-state index contributed by atoms with van der Waals surface area (Å²) in [5.41, 5.74) is 0. The zero-order valence-corrected chi connectivity index (χ0v) is 13.6. The number of anilines is 1. The number of rotatable bonds is 6. The second kappa shape index (κ2) is 7.34. The average molecular weight is 366 g/mol. The van der Waals surface area contributed by atoms with Gasteiger partial charge in [0.15, 0.2) is 0 Å². The van der Waals surface area contributed by atoms with Crippen molar-refractivity contribution >= 4 is 37.7 Å². The Morgan fingerprint density at radius 2 is 2.12 bits per heavy atom. The summed E-state index contributed by atoms with van der Waals surface area (Å²) < 4.78 is 7.12. The van der Waals surface area contributed by atoms with Gasteiger partial charge in [0.2, 0.25) is 0 Å². The molecule has 0 aromatic carbocycles. The van der Waals surface area contributed by atoms with E-state index in [0.717, 1.165) is 27.9 Å². The summed E-state index contributed by atoms with van der Waals surface area (Å²) in [7, 11) is 1.72. The summed E-state index contributed by atoms with van der Waals surface area (Å²) in [5.74, 6) is 1.56. The molecular weight excluding hydrogens is 348 g/mol. The van der Waals surface area contributed by atoms with E-state index < -0.39 is 0 Å². The van der Waals surface area contributed by atoms with Crippen molar-refractivity contribution in [1.29, 1.82) is 0 Å².